The number of esters is 1. The van der Waals surface area contributed by atoms with E-state index in [1.165, 1.54) is 334 Å². The van der Waals surface area contributed by atoms with Gasteiger partial charge in [0, 0.05) is 12.8 Å². The van der Waals surface area contributed by atoms with Crippen LogP contribution in [-0.4, -0.2) is 47.4 Å². The predicted octanol–water partition coefficient (Wildman–Crippen LogP) is 22.2. The lowest BCUT2D eigenvalue weighted by Crippen LogP contribution is -2.45. The second-order valence-corrected chi connectivity index (χ2v) is 24.2. The Bertz CT molecular complexity index is 1080. The molecule has 2 atom stereocenters. The average Bonchev–Trinajstić information content (AvgIpc) is 3.41. The van der Waals surface area contributed by atoms with E-state index in [0.29, 0.717) is 25.9 Å². The summed E-state index contributed by atoms with van der Waals surface area (Å²) in [7, 11) is 0. The summed E-state index contributed by atoms with van der Waals surface area (Å²) >= 11 is 0. The molecular weight excluding hydrogens is 923 g/mol. The molecule has 6 heteroatoms. The van der Waals surface area contributed by atoms with E-state index in [0.717, 1.165) is 38.5 Å². The van der Waals surface area contributed by atoms with Crippen molar-refractivity contribution in [3.63, 3.8) is 0 Å². The van der Waals surface area contributed by atoms with Gasteiger partial charge in [-0.3, -0.25) is 9.59 Å². The van der Waals surface area contributed by atoms with Gasteiger partial charge in [-0.05, 0) is 25.7 Å². The summed E-state index contributed by atoms with van der Waals surface area (Å²) in [5, 5.41) is 23.4. The van der Waals surface area contributed by atoms with Crippen LogP contribution in [0.4, 0.5) is 0 Å². The smallest absolute Gasteiger partial charge is 0.305 e. The lowest BCUT2D eigenvalue weighted by atomic mass is 10.0. The number of aliphatic hydroxyl groups is 2. The van der Waals surface area contributed by atoms with E-state index in [-0.39, 0.29) is 18.5 Å². The number of nitrogens with one attached hydrogen (secondary N) is 1. The molecule has 3 N–H and O–H groups in total. The zero-order valence-electron chi connectivity index (χ0n) is 51.3. The molecule has 75 heavy (non-hydrogen) atoms. The Kier molecular flexibility index (Phi) is 64.4. The summed E-state index contributed by atoms with van der Waals surface area (Å²) in [6.45, 7) is 5.00. The molecule has 0 bridgehead atoms. The third-order valence-electron chi connectivity index (χ3n) is 16.7. The Morgan fingerprint density at radius 2 is 0.547 bits per heavy atom. The highest BCUT2D eigenvalue weighted by Crippen LogP contribution is 2.19. The molecule has 1 amide bonds. The van der Waals surface area contributed by atoms with Gasteiger partial charge in [-0.15, -0.1) is 0 Å². The first-order valence-corrected chi connectivity index (χ1v) is 34.8. The second-order valence-electron chi connectivity index (χ2n) is 24.2. The molecule has 448 valence electrons. The fraction of sp³-hybridized carbons (Fsp3) is 0.971. The molecule has 0 heterocycles. The molecule has 0 radical (unpaired) electrons. The van der Waals surface area contributed by atoms with Gasteiger partial charge in [0.1, 0.15) is 0 Å². The zero-order valence-corrected chi connectivity index (χ0v) is 51.3. The maximum absolute atomic E-state index is 12.5. The van der Waals surface area contributed by atoms with Crippen molar-refractivity contribution in [3.05, 3.63) is 0 Å². The molecule has 6 nitrogen and oxygen atoms in total. The van der Waals surface area contributed by atoms with Crippen LogP contribution in [0.3, 0.4) is 0 Å². The largest absolute Gasteiger partial charge is 0.466 e. The molecule has 0 aliphatic carbocycles. The number of rotatable bonds is 66. The van der Waals surface area contributed by atoms with Crippen LogP contribution in [0.1, 0.15) is 406 Å². The van der Waals surface area contributed by atoms with Crippen molar-refractivity contribution in [3.8, 4) is 0 Å². The van der Waals surface area contributed by atoms with Crippen molar-refractivity contribution in [2.75, 3.05) is 13.2 Å². The number of hydrogen-bond donors (Lipinski definition) is 3. The first kappa shape index (κ1) is 73.9. The number of hydrogen-bond acceptors (Lipinski definition) is 5. The minimum absolute atomic E-state index is 0.0166. The van der Waals surface area contributed by atoms with E-state index in [9.17, 15) is 19.8 Å². The lowest BCUT2D eigenvalue weighted by molar-refractivity contribution is -0.143. The number of aliphatic hydroxyl groups excluding tert-OH is 2. The summed E-state index contributed by atoms with van der Waals surface area (Å²) < 4.78 is 5.48. The van der Waals surface area contributed by atoms with E-state index in [4.69, 9.17) is 4.74 Å². The highest BCUT2D eigenvalue weighted by Gasteiger charge is 2.20. The van der Waals surface area contributed by atoms with E-state index in [1.54, 1.807) is 0 Å². The normalized spacial score (nSPS) is 12.4. The summed E-state index contributed by atoms with van der Waals surface area (Å²) in [4.78, 5) is 24.6. The third-order valence-corrected chi connectivity index (χ3v) is 16.7. The topological polar surface area (TPSA) is 95.9 Å². The van der Waals surface area contributed by atoms with Gasteiger partial charge >= 0.3 is 5.97 Å². The molecule has 0 saturated carbocycles. The molecule has 0 aromatic carbocycles. The lowest BCUT2D eigenvalue weighted by Gasteiger charge is -2.22. The van der Waals surface area contributed by atoms with Crippen LogP contribution >= 0.6 is 0 Å². The van der Waals surface area contributed by atoms with Crippen molar-refractivity contribution >= 4 is 11.9 Å². The SMILES string of the molecule is CCCCCCCCCCCCCCCCCCCCCCCCCC(O)C(CO)NC(=O)CCCCCCCCCCCCCCCCCCCCCCCCCOC(=O)CCCCCCCCCCCCCC. The molecule has 0 rings (SSSR count). The standard InChI is InChI=1S/C69H137NO5/c1-3-5-7-9-11-13-15-17-18-19-20-21-23-26-29-32-35-38-41-45-49-53-57-61-67(72)66(65-71)70-68(73)62-58-54-50-46-42-39-36-33-30-27-24-22-25-28-31-34-37-40-44-48-52-56-60-64-75-69(74)63-59-55-51-47-43-16-14-12-10-8-6-4-2/h66-67,71-72H,3-65H2,1-2H3,(H,70,73). The Morgan fingerprint density at radius 1 is 0.320 bits per heavy atom. The van der Waals surface area contributed by atoms with Gasteiger partial charge in [-0.1, -0.05) is 367 Å². The van der Waals surface area contributed by atoms with Crippen LogP contribution in [0.15, 0.2) is 0 Å². The molecule has 0 saturated heterocycles. The highest BCUT2D eigenvalue weighted by atomic mass is 16.5. The van der Waals surface area contributed by atoms with Gasteiger partial charge < -0.3 is 20.3 Å². The van der Waals surface area contributed by atoms with Gasteiger partial charge in [0.15, 0.2) is 0 Å². The van der Waals surface area contributed by atoms with Crippen LogP contribution in [-0.2, 0) is 14.3 Å². The fourth-order valence-electron chi connectivity index (χ4n) is 11.4. The van der Waals surface area contributed by atoms with Crippen molar-refractivity contribution in [2.45, 2.75) is 418 Å². The first-order valence-electron chi connectivity index (χ1n) is 34.8. The quantitative estimate of drug-likeness (QED) is 0.0417. The Balaban J connectivity index is 3.37. The van der Waals surface area contributed by atoms with E-state index in [1.807, 2.05) is 0 Å². The van der Waals surface area contributed by atoms with E-state index < -0.39 is 12.1 Å². The molecule has 0 fully saturated rings. The van der Waals surface area contributed by atoms with Gasteiger partial charge in [-0.2, -0.15) is 0 Å². The van der Waals surface area contributed by atoms with Gasteiger partial charge in [0.25, 0.3) is 0 Å². The van der Waals surface area contributed by atoms with Crippen molar-refractivity contribution in [1.29, 1.82) is 0 Å². The molecule has 0 aliphatic heterocycles. The van der Waals surface area contributed by atoms with Gasteiger partial charge in [0.2, 0.25) is 5.91 Å². The fourth-order valence-corrected chi connectivity index (χ4v) is 11.4. The zero-order chi connectivity index (χ0) is 54.3. The Labute approximate surface area is 470 Å². The van der Waals surface area contributed by atoms with E-state index in [2.05, 4.69) is 19.2 Å². The summed E-state index contributed by atoms with van der Waals surface area (Å²) in [5.74, 6) is -0.0122. The van der Waals surface area contributed by atoms with Gasteiger partial charge in [-0.25, -0.2) is 0 Å². The molecule has 0 aromatic heterocycles. The number of unbranched alkanes of at least 4 members (excludes halogenated alkanes) is 55. The van der Waals surface area contributed by atoms with Crippen LogP contribution in [0.2, 0.25) is 0 Å². The summed E-state index contributed by atoms with van der Waals surface area (Å²) in [6, 6.07) is -0.541. The van der Waals surface area contributed by atoms with Crippen LogP contribution in [0.25, 0.3) is 0 Å². The Hall–Kier alpha value is -1.14. The number of ether oxygens (including phenoxy) is 1. The van der Waals surface area contributed by atoms with Gasteiger partial charge in [0.05, 0.1) is 25.4 Å². The van der Waals surface area contributed by atoms with Crippen molar-refractivity contribution < 1.29 is 24.5 Å². The molecule has 0 spiro atoms. The second kappa shape index (κ2) is 65.4. The monoisotopic (exact) mass is 1060 g/mol. The predicted molar refractivity (Wildman–Crippen MR) is 329 cm³/mol. The maximum atomic E-state index is 12.5. The third kappa shape index (κ3) is 61.9. The number of carbonyl (C=O) groups is 2. The van der Waals surface area contributed by atoms with Crippen molar-refractivity contribution in [1.82, 2.24) is 5.32 Å². The minimum Gasteiger partial charge on any atom is -0.466 e. The maximum Gasteiger partial charge on any atom is 0.305 e. The molecule has 0 aromatic rings. The number of carbonyl (C=O) groups excluding carboxylic acids is 2. The summed E-state index contributed by atoms with van der Waals surface area (Å²) in [5.41, 5.74) is 0. The molecule has 2 unspecified atom stereocenters. The molecular formula is C69H137NO5. The minimum atomic E-state index is -0.664. The van der Waals surface area contributed by atoms with Crippen LogP contribution < -0.4 is 5.32 Å². The average molecular weight is 1060 g/mol. The van der Waals surface area contributed by atoms with Crippen LogP contribution in [0.5, 0.6) is 0 Å². The Morgan fingerprint density at radius 3 is 0.813 bits per heavy atom. The summed E-state index contributed by atoms with van der Waals surface area (Å²) in [6.07, 6.45) is 78.6. The van der Waals surface area contributed by atoms with Crippen LogP contribution in [0, 0.1) is 0 Å². The highest BCUT2D eigenvalue weighted by molar-refractivity contribution is 5.76. The van der Waals surface area contributed by atoms with E-state index >= 15 is 0 Å². The molecule has 0 aliphatic rings. The first-order chi connectivity index (χ1) is 37.0. The van der Waals surface area contributed by atoms with Crippen molar-refractivity contribution in [2.24, 2.45) is 0 Å². The number of amides is 1.